The largest absolute Gasteiger partial charge is 0.351 e. The van der Waals surface area contributed by atoms with Crippen LogP contribution >= 0.6 is 0 Å². The zero-order valence-corrected chi connectivity index (χ0v) is 6.82. The van der Waals surface area contributed by atoms with E-state index >= 15 is 0 Å². The summed E-state index contributed by atoms with van der Waals surface area (Å²) in [6, 6.07) is 0. The van der Waals surface area contributed by atoms with Crippen LogP contribution in [-0.4, -0.2) is 11.4 Å². The minimum atomic E-state index is -0.784. The third-order valence-corrected chi connectivity index (χ3v) is 1.31. The molecule has 1 saturated carbocycles. The molecule has 1 N–H and O–H groups in total. The lowest BCUT2D eigenvalue weighted by Gasteiger charge is -2.20. The summed E-state index contributed by atoms with van der Waals surface area (Å²) in [7, 11) is 0. The van der Waals surface area contributed by atoms with Gasteiger partial charge in [-0.3, -0.25) is 4.79 Å². The molecular weight excluding hydrogens is 126 g/mol. The van der Waals surface area contributed by atoms with Gasteiger partial charge in [-0.05, 0) is 33.6 Å². The number of amides is 1. The highest BCUT2D eigenvalue weighted by Crippen LogP contribution is 2.29. The van der Waals surface area contributed by atoms with E-state index in [0.717, 1.165) is 12.8 Å². The van der Waals surface area contributed by atoms with Gasteiger partial charge in [-0.15, -0.1) is 0 Å². The molecule has 1 fully saturated rings. The molecule has 1 aliphatic rings. The van der Waals surface area contributed by atoms with Crippen LogP contribution in [0.4, 0.5) is 0 Å². The highest BCUT2D eigenvalue weighted by atomic mass is 16.2. The third kappa shape index (κ3) is 2.38. The van der Waals surface area contributed by atoms with Crippen molar-refractivity contribution in [1.82, 2.24) is 5.32 Å². The Kier molecular flexibility index (Phi) is 1.40. The van der Waals surface area contributed by atoms with Gasteiger partial charge in [0.05, 0.1) is 0 Å². The Balaban J connectivity index is 2.45. The van der Waals surface area contributed by atoms with Crippen LogP contribution in [0.5, 0.6) is 0 Å². The van der Waals surface area contributed by atoms with Crippen molar-refractivity contribution in [2.75, 3.05) is 0 Å². The molecule has 0 radical (unpaired) electrons. The molecule has 1 aliphatic carbocycles. The minimum Gasteiger partial charge on any atom is -0.351 e. The van der Waals surface area contributed by atoms with E-state index in [1.807, 2.05) is 20.8 Å². The number of hydrogen-bond donors (Lipinski definition) is 1. The first-order valence-corrected chi connectivity index (χ1v) is 3.66. The molecule has 0 bridgehead atoms. The molecule has 0 saturated heterocycles. The van der Waals surface area contributed by atoms with Crippen LogP contribution in [0, 0.1) is 5.89 Å². The first-order chi connectivity index (χ1) is 4.83. The summed E-state index contributed by atoms with van der Waals surface area (Å²) in [6.07, 6.45) is 1.43. The molecule has 0 aliphatic heterocycles. The molecule has 58 valence electrons. The number of carbonyl (C=O) groups is 1. The average molecular weight is 142 g/mol. The zero-order chi connectivity index (χ0) is 8.70. The fraction of sp³-hybridized carbons (Fsp3) is 0.875. The maximum absolute atomic E-state index is 11.2. The van der Waals surface area contributed by atoms with Crippen molar-refractivity contribution in [3.8, 4) is 0 Å². The van der Waals surface area contributed by atoms with Gasteiger partial charge >= 0.3 is 0 Å². The summed E-state index contributed by atoms with van der Waals surface area (Å²) in [5.74, 6) is -0.905. The molecule has 2 heteroatoms. The normalized spacial score (nSPS) is 23.3. The maximum Gasteiger partial charge on any atom is 0.223 e. The van der Waals surface area contributed by atoms with Crippen molar-refractivity contribution in [2.45, 2.75) is 39.2 Å². The number of nitrogens with one attached hydrogen (secondary N) is 1. The number of hydrogen-bond acceptors (Lipinski definition) is 1. The second kappa shape index (κ2) is 2.26. The topological polar surface area (TPSA) is 29.1 Å². The van der Waals surface area contributed by atoms with Crippen LogP contribution in [0.3, 0.4) is 0 Å². The van der Waals surface area contributed by atoms with Gasteiger partial charge in [0.25, 0.3) is 0 Å². The zero-order valence-electron chi connectivity index (χ0n) is 7.82. The van der Waals surface area contributed by atoms with E-state index < -0.39 is 5.89 Å². The van der Waals surface area contributed by atoms with Crippen LogP contribution in [0.25, 0.3) is 0 Å². The van der Waals surface area contributed by atoms with Crippen molar-refractivity contribution >= 4 is 5.91 Å². The monoisotopic (exact) mass is 142 g/mol. The molecule has 2 nitrogen and oxygen atoms in total. The van der Waals surface area contributed by atoms with Gasteiger partial charge in [-0.25, -0.2) is 0 Å². The second-order valence-electron chi connectivity index (χ2n) is 3.81. The number of rotatable bonds is 1. The van der Waals surface area contributed by atoms with Crippen LogP contribution in [0.15, 0.2) is 0 Å². The van der Waals surface area contributed by atoms with Crippen molar-refractivity contribution in [3.05, 3.63) is 0 Å². The summed E-state index contributed by atoms with van der Waals surface area (Å²) in [5.41, 5.74) is -0.201. The Morgan fingerprint density at radius 3 is 2.40 bits per heavy atom. The summed E-state index contributed by atoms with van der Waals surface area (Å²) in [6.45, 7) is 5.78. The molecule has 0 spiro atoms. The Morgan fingerprint density at radius 1 is 1.60 bits per heavy atom. The Hall–Kier alpha value is -0.530. The average Bonchev–Trinajstić information content (AvgIpc) is 2.44. The highest BCUT2D eigenvalue weighted by molar-refractivity contribution is 5.81. The summed E-state index contributed by atoms with van der Waals surface area (Å²) < 4.78 is 7.52. The van der Waals surface area contributed by atoms with Crippen LogP contribution < -0.4 is 5.32 Å². The molecule has 10 heavy (non-hydrogen) atoms. The summed E-state index contributed by atoms with van der Waals surface area (Å²) in [5, 5.41) is 2.80. The minimum absolute atomic E-state index is 0.120. The summed E-state index contributed by atoms with van der Waals surface area (Å²) in [4.78, 5) is 11.2. The van der Waals surface area contributed by atoms with Gasteiger partial charge in [-0.1, -0.05) is 0 Å². The first kappa shape index (κ1) is 6.20. The van der Waals surface area contributed by atoms with Gasteiger partial charge in [0, 0.05) is 12.8 Å². The van der Waals surface area contributed by atoms with E-state index in [-0.39, 0.29) is 11.4 Å². The molecular formula is C8H15NO. The summed E-state index contributed by atoms with van der Waals surface area (Å²) >= 11 is 0. The van der Waals surface area contributed by atoms with Gasteiger partial charge in [0.15, 0.2) is 0 Å². The van der Waals surface area contributed by atoms with Crippen molar-refractivity contribution in [3.63, 3.8) is 0 Å². The molecule has 0 heterocycles. The molecule has 0 atom stereocenters. The first-order valence-electron chi connectivity index (χ1n) is 4.16. The molecule has 1 rings (SSSR count). The molecule has 0 unspecified atom stereocenters. The maximum atomic E-state index is 11.2. The van der Waals surface area contributed by atoms with Gasteiger partial charge in [0.1, 0.15) is 0 Å². The lowest BCUT2D eigenvalue weighted by atomic mass is 10.1. The van der Waals surface area contributed by atoms with Crippen molar-refractivity contribution in [2.24, 2.45) is 5.89 Å². The van der Waals surface area contributed by atoms with Crippen molar-refractivity contribution in [1.29, 1.82) is 0 Å². The van der Waals surface area contributed by atoms with Gasteiger partial charge < -0.3 is 5.32 Å². The molecule has 1 amide bonds. The van der Waals surface area contributed by atoms with Crippen molar-refractivity contribution < 1.29 is 6.17 Å². The van der Waals surface area contributed by atoms with Crippen LogP contribution in [0.1, 0.15) is 35.0 Å². The lowest BCUT2D eigenvalue weighted by molar-refractivity contribution is -0.123. The lowest BCUT2D eigenvalue weighted by Crippen LogP contribution is -2.41. The highest BCUT2D eigenvalue weighted by Gasteiger charge is 2.31. The third-order valence-electron chi connectivity index (χ3n) is 1.31. The molecule has 0 aromatic rings. The van der Waals surface area contributed by atoms with E-state index in [1.165, 1.54) is 0 Å². The second-order valence-corrected chi connectivity index (χ2v) is 3.81. The smallest absolute Gasteiger partial charge is 0.223 e. The van der Waals surface area contributed by atoms with Gasteiger partial charge in [-0.2, -0.15) is 0 Å². The van der Waals surface area contributed by atoms with E-state index in [2.05, 4.69) is 5.32 Å². The SMILES string of the molecule is [2H]C1(C(=O)NC(C)(C)C)CC1. The Morgan fingerprint density at radius 2 is 2.10 bits per heavy atom. The molecule has 0 aromatic carbocycles. The van der Waals surface area contributed by atoms with E-state index in [4.69, 9.17) is 1.37 Å². The van der Waals surface area contributed by atoms with E-state index in [0.29, 0.717) is 0 Å². The fourth-order valence-electron chi connectivity index (χ4n) is 0.719. The predicted molar refractivity (Wildman–Crippen MR) is 40.6 cm³/mol. The van der Waals surface area contributed by atoms with Crippen LogP contribution in [0.2, 0.25) is 0 Å². The molecule has 0 aromatic heterocycles. The van der Waals surface area contributed by atoms with E-state index in [1.54, 1.807) is 0 Å². The Bertz CT molecular complexity index is 179. The quantitative estimate of drug-likeness (QED) is 0.587. The predicted octanol–water partition coefficient (Wildman–Crippen LogP) is 1.31. The van der Waals surface area contributed by atoms with E-state index in [9.17, 15) is 4.79 Å². The Labute approximate surface area is 63.4 Å². The standard InChI is InChI=1S/C8H15NO/c1-8(2,3)9-7(10)6-4-5-6/h6H,4-5H2,1-3H3,(H,9,10)/i6D. The van der Waals surface area contributed by atoms with Crippen LogP contribution in [-0.2, 0) is 4.79 Å². The fourth-order valence-corrected chi connectivity index (χ4v) is 0.719. The van der Waals surface area contributed by atoms with Gasteiger partial charge in [0.2, 0.25) is 5.91 Å². The number of carbonyl (C=O) groups excluding carboxylic acids is 1.